The molecule has 0 spiro atoms. The second kappa shape index (κ2) is 20.7. The van der Waals surface area contributed by atoms with E-state index in [2.05, 4.69) is 0 Å². The van der Waals surface area contributed by atoms with E-state index in [9.17, 15) is 4.79 Å². The van der Waals surface area contributed by atoms with Gasteiger partial charge in [-0.25, -0.2) is 0 Å². The second-order valence-corrected chi connectivity index (χ2v) is 9.26. The van der Waals surface area contributed by atoms with E-state index in [1.807, 2.05) is 121 Å². The fraction of sp³-hybridized carbons (Fsp3) is 0.265. The molecule has 2 atom stereocenters. The molecule has 0 radical (unpaired) electrons. The van der Waals surface area contributed by atoms with E-state index in [0.717, 1.165) is 22.3 Å². The van der Waals surface area contributed by atoms with Crippen LogP contribution in [0.15, 0.2) is 121 Å². The van der Waals surface area contributed by atoms with Crippen LogP contribution in [-0.4, -0.2) is 35.0 Å². The number of cyclic esters (lactones) is 1. The number of benzene rings is 4. The highest BCUT2D eigenvalue weighted by Crippen LogP contribution is 2.20. The fourth-order valence-electron chi connectivity index (χ4n) is 3.91. The molecule has 4 aromatic carbocycles. The molecule has 1 fully saturated rings. The van der Waals surface area contributed by atoms with E-state index in [-0.39, 0.29) is 55.4 Å². The van der Waals surface area contributed by atoms with Crippen molar-refractivity contribution in [2.75, 3.05) is 6.61 Å². The summed E-state index contributed by atoms with van der Waals surface area (Å²) in [5.74, 6) is -0.215. The number of esters is 1. The number of ether oxygens (including phenoxy) is 3. The third-order valence-electron chi connectivity index (χ3n) is 6.01. The van der Waals surface area contributed by atoms with Gasteiger partial charge in [0, 0.05) is 6.42 Å². The number of aliphatic hydroxyl groups excluding tert-OH is 2. The van der Waals surface area contributed by atoms with Crippen LogP contribution in [0.5, 0.6) is 0 Å². The largest absolute Gasteiger partial charge is 0.460 e. The Morgan fingerprint density at radius 3 is 1.46 bits per heavy atom. The zero-order valence-corrected chi connectivity index (χ0v) is 25.4. The highest BCUT2D eigenvalue weighted by atomic mass is 127. The monoisotopic (exact) mass is 670 g/mol. The van der Waals surface area contributed by atoms with Crippen molar-refractivity contribution in [3.8, 4) is 0 Å². The van der Waals surface area contributed by atoms with E-state index in [4.69, 9.17) is 24.4 Å². The standard InChI is InChI=1S/C20H22O4.2C7H8O.HI/c21-20-12-18(23-14-17-9-5-2-6-10-17)11-19(24-20)15-22-13-16-7-3-1-4-8-16;2*8-6-7-4-2-1-3-5-7;/h1-10,18-19H,11-15H2;2*1-5,8H,6H2;1H/t18-,19-;;;/m0.../s1. The first-order valence-electron chi connectivity index (χ1n) is 13.4. The lowest BCUT2D eigenvalue weighted by molar-refractivity contribution is -0.168. The molecular weight excluding hydrogens is 631 g/mol. The van der Waals surface area contributed by atoms with Gasteiger partial charge in [0.15, 0.2) is 0 Å². The summed E-state index contributed by atoms with van der Waals surface area (Å²) in [6, 6.07) is 39.0. The smallest absolute Gasteiger partial charge is 0.308 e. The van der Waals surface area contributed by atoms with Crippen LogP contribution in [0.3, 0.4) is 0 Å². The molecule has 218 valence electrons. The maximum absolute atomic E-state index is 11.8. The number of halogens is 1. The molecule has 1 saturated heterocycles. The molecule has 0 bridgehead atoms. The van der Waals surface area contributed by atoms with Gasteiger partial charge >= 0.3 is 5.97 Å². The minimum atomic E-state index is -0.240. The minimum Gasteiger partial charge on any atom is -0.460 e. The van der Waals surface area contributed by atoms with Crippen molar-refractivity contribution in [1.29, 1.82) is 0 Å². The third kappa shape index (κ3) is 14.4. The third-order valence-corrected chi connectivity index (χ3v) is 6.01. The van der Waals surface area contributed by atoms with E-state index < -0.39 is 0 Å². The normalized spacial score (nSPS) is 15.6. The molecule has 0 saturated carbocycles. The first kappa shape index (κ1) is 34.1. The predicted molar refractivity (Wildman–Crippen MR) is 170 cm³/mol. The number of hydrogen-bond donors (Lipinski definition) is 2. The Labute approximate surface area is 259 Å². The van der Waals surface area contributed by atoms with Gasteiger partial charge in [0.05, 0.1) is 45.6 Å². The van der Waals surface area contributed by atoms with Gasteiger partial charge in [-0.2, -0.15) is 0 Å². The number of aliphatic hydroxyl groups is 2. The average Bonchev–Trinajstić information content (AvgIpc) is 3.02. The quantitative estimate of drug-likeness (QED) is 0.157. The maximum atomic E-state index is 11.8. The Hall–Kier alpha value is -3.08. The van der Waals surface area contributed by atoms with Crippen molar-refractivity contribution >= 4 is 29.9 Å². The van der Waals surface area contributed by atoms with E-state index >= 15 is 0 Å². The molecule has 0 aliphatic carbocycles. The number of hydrogen-bond acceptors (Lipinski definition) is 6. The fourth-order valence-corrected chi connectivity index (χ4v) is 3.91. The summed E-state index contributed by atoms with van der Waals surface area (Å²) < 4.78 is 16.9. The Balaban J connectivity index is 0.000000282. The van der Waals surface area contributed by atoms with Gasteiger partial charge in [0.1, 0.15) is 6.10 Å². The van der Waals surface area contributed by atoms with Crippen LogP contribution in [0, 0.1) is 0 Å². The van der Waals surface area contributed by atoms with E-state index in [0.29, 0.717) is 32.7 Å². The number of carbonyl (C=O) groups excluding carboxylic acids is 1. The topological polar surface area (TPSA) is 85.2 Å². The highest BCUT2D eigenvalue weighted by molar-refractivity contribution is 14.0. The van der Waals surface area contributed by atoms with Crippen molar-refractivity contribution in [3.05, 3.63) is 144 Å². The van der Waals surface area contributed by atoms with Gasteiger partial charge in [-0.15, -0.1) is 24.0 Å². The first-order chi connectivity index (χ1) is 19.7. The molecule has 41 heavy (non-hydrogen) atoms. The zero-order chi connectivity index (χ0) is 28.3. The summed E-state index contributed by atoms with van der Waals surface area (Å²) in [4.78, 5) is 11.8. The van der Waals surface area contributed by atoms with Gasteiger partial charge in [0.2, 0.25) is 0 Å². The Bertz CT molecular complexity index is 1150. The molecule has 2 N–H and O–H groups in total. The Kier molecular flexibility index (Phi) is 17.3. The molecule has 1 aliphatic heterocycles. The van der Waals surface area contributed by atoms with Gasteiger partial charge in [-0.3, -0.25) is 4.79 Å². The molecule has 1 heterocycles. The van der Waals surface area contributed by atoms with Crippen molar-refractivity contribution < 1.29 is 29.2 Å². The summed E-state index contributed by atoms with van der Waals surface area (Å²) >= 11 is 0. The van der Waals surface area contributed by atoms with Gasteiger partial charge in [-0.05, 0) is 22.3 Å². The number of rotatable bonds is 9. The molecule has 5 rings (SSSR count). The van der Waals surface area contributed by atoms with Crippen LogP contribution in [0.4, 0.5) is 0 Å². The summed E-state index contributed by atoms with van der Waals surface area (Å²) in [7, 11) is 0. The van der Waals surface area contributed by atoms with Crippen molar-refractivity contribution in [1.82, 2.24) is 0 Å². The summed E-state index contributed by atoms with van der Waals surface area (Å²) in [5.41, 5.74) is 4.14. The predicted octanol–water partition coefficient (Wildman–Crippen LogP) is 6.47. The molecule has 4 aromatic rings. The zero-order valence-electron chi connectivity index (χ0n) is 23.1. The molecule has 0 aromatic heterocycles. The SMILES string of the molecule is I.O=C1C[C@@H](OCc2ccccc2)C[C@@H](COCc2ccccc2)O1.OCc1ccccc1.OCc1ccccc1. The molecule has 1 aliphatic rings. The van der Waals surface area contributed by atoms with Crippen LogP contribution in [0.2, 0.25) is 0 Å². The second-order valence-electron chi connectivity index (χ2n) is 9.26. The average molecular weight is 671 g/mol. The molecule has 6 nitrogen and oxygen atoms in total. The van der Waals surface area contributed by atoms with Gasteiger partial charge in [0.25, 0.3) is 0 Å². The summed E-state index contributed by atoms with van der Waals surface area (Å²) in [5, 5.41) is 17.1. The highest BCUT2D eigenvalue weighted by Gasteiger charge is 2.29. The Morgan fingerprint density at radius 1 is 0.634 bits per heavy atom. The van der Waals surface area contributed by atoms with Crippen LogP contribution in [-0.2, 0) is 45.4 Å². The van der Waals surface area contributed by atoms with E-state index in [1.54, 1.807) is 0 Å². The first-order valence-corrected chi connectivity index (χ1v) is 13.4. The van der Waals surface area contributed by atoms with Crippen LogP contribution >= 0.6 is 24.0 Å². The molecular formula is C34H39IO6. The maximum Gasteiger partial charge on any atom is 0.308 e. The Morgan fingerprint density at radius 2 is 1.05 bits per heavy atom. The lowest BCUT2D eigenvalue weighted by Crippen LogP contribution is -2.36. The van der Waals surface area contributed by atoms with Crippen molar-refractivity contribution in [2.24, 2.45) is 0 Å². The van der Waals surface area contributed by atoms with Crippen molar-refractivity contribution in [3.63, 3.8) is 0 Å². The van der Waals surface area contributed by atoms with Crippen LogP contribution < -0.4 is 0 Å². The van der Waals surface area contributed by atoms with Crippen molar-refractivity contribution in [2.45, 2.75) is 51.5 Å². The lowest BCUT2D eigenvalue weighted by atomic mass is 10.1. The molecule has 0 unspecified atom stereocenters. The lowest BCUT2D eigenvalue weighted by Gasteiger charge is -2.28. The molecule has 7 heteroatoms. The van der Waals surface area contributed by atoms with Crippen LogP contribution in [0.25, 0.3) is 0 Å². The molecule has 0 amide bonds. The number of carbonyl (C=O) groups is 1. The van der Waals surface area contributed by atoms with Crippen LogP contribution in [0.1, 0.15) is 35.1 Å². The summed E-state index contributed by atoms with van der Waals surface area (Å²) in [6.07, 6.45) is 0.627. The summed E-state index contributed by atoms with van der Waals surface area (Å²) in [6.45, 7) is 1.70. The van der Waals surface area contributed by atoms with E-state index in [1.165, 1.54) is 0 Å². The minimum absolute atomic E-state index is 0. The van der Waals surface area contributed by atoms with Gasteiger partial charge < -0.3 is 24.4 Å². The van der Waals surface area contributed by atoms with Gasteiger partial charge in [-0.1, -0.05) is 121 Å².